The minimum atomic E-state index is -5.77. The van der Waals surface area contributed by atoms with Crippen molar-refractivity contribution >= 4 is 43.8 Å². The Bertz CT molecular complexity index is 3210. The van der Waals surface area contributed by atoms with E-state index >= 15 is 0 Å². The Kier molecular flexibility index (Phi) is 20.1. The number of imidazole rings is 2. The maximum atomic E-state index is 13.8. The van der Waals surface area contributed by atoms with E-state index in [4.69, 9.17) is 9.47 Å². The number of alkyl halides is 12. The molecule has 0 unspecified atom stereocenters. The molecule has 6 rings (SSSR count). The van der Waals surface area contributed by atoms with Crippen molar-refractivity contribution in [2.24, 2.45) is 14.1 Å². The number of rotatable bonds is 17. The number of ketones is 2. The van der Waals surface area contributed by atoms with Gasteiger partial charge < -0.3 is 28.4 Å². The first-order valence-electron chi connectivity index (χ1n) is 21.7. The molecule has 0 N–H and O–H groups in total. The molecular formula is C46H44F12N10O7S. The Morgan fingerprint density at radius 2 is 1.03 bits per heavy atom. The van der Waals surface area contributed by atoms with Gasteiger partial charge in [-0.1, -0.05) is 0 Å². The number of aromatic nitrogens is 6. The summed E-state index contributed by atoms with van der Waals surface area (Å²) < 4.78 is 190. The number of Topliss-reactive ketones (excluding diaryl/α,β-unsaturated/α-hetero) is 2. The molecule has 30 heteroatoms. The van der Waals surface area contributed by atoms with Gasteiger partial charge in [0, 0.05) is 51.3 Å². The molecule has 0 spiro atoms. The summed E-state index contributed by atoms with van der Waals surface area (Å²) in [5.74, 6) is -7.44. The fourth-order valence-corrected chi connectivity index (χ4v) is 6.91. The number of benzene rings is 2. The normalized spacial score (nSPS) is 12.2. The molecule has 0 aliphatic heterocycles. The minimum absolute atomic E-state index is 0.00728. The van der Waals surface area contributed by atoms with Gasteiger partial charge in [0.2, 0.25) is 0 Å². The number of fused-ring (bicyclic) bond motifs is 2. The van der Waals surface area contributed by atoms with Crippen LogP contribution in [-0.4, -0.2) is 138 Å². The van der Waals surface area contributed by atoms with Crippen molar-refractivity contribution in [1.29, 1.82) is 10.5 Å². The highest BCUT2D eigenvalue weighted by Crippen LogP contribution is 2.41. The SMILES string of the molecule is CN(C)CCN(C)CCCOc1ccc(-c2cc3c(ncn3C)c(C#N)n2)cc1C(F)(F)F.Cn1cnc2c(C#N)nc(-c3ccc(OCCCOS(C)(=O)=O)c(C(F)(F)F)c3)cc21.O=C(C(=O)C(F)(F)F)C(F)(F)F. The van der Waals surface area contributed by atoms with E-state index < -0.39 is 63.3 Å². The fourth-order valence-electron chi connectivity index (χ4n) is 6.49. The lowest BCUT2D eigenvalue weighted by Crippen LogP contribution is -2.39. The number of nitriles is 2. The Morgan fingerprint density at radius 3 is 1.38 bits per heavy atom. The van der Waals surface area contributed by atoms with Gasteiger partial charge in [0.05, 0.1) is 72.3 Å². The average Bonchev–Trinajstić information content (AvgIpc) is 3.90. The van der Waals surface area contributed by atoms with Gasteiger partial charge in [0.25, 0.3) is 10.1 Å². The Morgan fingerprint density at radius 1 is 0.618 bits per heavy atom. The second-order valence-corrected chi connectivity index (χ2v) is 18.1. The van der Waals surface area contributed by atoms with Crippen LogP contribution in [0, 0.1) is 22.7 Å². The molecule has 410 valence electrons. The molecule has 0 fully saturated rings. The largest absolute Gasteiger partial charge is 0.493 e. The maximum Gasteiger partial charge on any atom is 0.458 e. The molecule has 0 bridgehead atoms. The molecule has 0 radical (unpaired) electrons. The van der Waals surface area contributed by atoms with Gasteiger partial charge in [0.1, 0.15) is 34.7 Å². The van der Waals surface area contributed by atoms with Gasteiger partial charge in [-0.15, -0.1) is 0 Å². The number of nitrogens with zero attached hydrogens (tertiary/aromatic N) is 10. The molecular weight excluding hydrogens is 1060 g/mol. The Hall–Kier alpha value is -7.41. The number of likely N-dealkylation sites (N-methyl/N-ethyl adjacent to an activating group) is 2. The van der Waals surface area contributed by atoms with Gasteiger partial charge in [-0.3, -0.25) is 13.8 Å². The van der Waals surface area contributed by atoms with Crippen LogP contribution in [0.15, 0.2) is 61.2 Å². The average molecular weight is 1110 g/mol. The monoisotopic (exact) mass is 1110 g/mol. The van der Waals surface area contributed by atoms with E-state index in [1.807, 2.05) is 33.3 Å². The smallest absolute Gasteiger partial charge is 0.458 e. The molecule has 76 heavy (non-hydrogen) atoms. The van der Waals surface area contributed by atoms with Crippen molar-refractivity contribution in [3.8, 4) is 46.2 Å². The molecule has 0 saturated carbocycles. The zero-order valence-electron chi connectivity index (χ0n) is 40.7. The number of carbonyl (C=O) groups is 2. The zero-order valence-corrected chi connectivity index (χ0v) is 41.5. The number of hydrogen-bond donors (Lipinski definition) is 0. The van der Waals surface area contributed by atoms with Crippen LogP contribution in [0.2, 0.25) is 0 Å². The first-order valence-corrected chi connectivity index (χ1v) is 23.5. The highest BCUT2D eigenvalue weighted by Gasteiger charge is 2.54. The third-order valence-electron chi connectivity index (χ3n) is 10.2. The zero-order chi connectivity index (χ0) is 57.1. The summed E-state index contributed by atoms with van der Waals surface area (Å²) in [5.41, 5.74) is 0.987. The Balaban J connectivity index is 0.000000272. The molecule has 2 aromatic carbocycles. The van der Waals surface area contributed by atoms with Crippen molar-refractivity contribution in [3.63, 3.8) is 0 Å². The van der Waals surface area contributed by atoms with E-state index in [1.165, 1.54) is 30.9 Å². The molecule has 0 aliphatic rings. The lowest BCUT2D eigenvalue weighted by atomic mass is 10.1. The first-order chi connectivity index (χ1) is 35.2. The van der Waals surface area contributed by atoms with Crippen molar-refractivity contribution in [1.82, 2.24) is 38.9 Å². The summed E-state index contributed by atoms with van der Waals surface area (Å²) in [4.78, 5) is 40.0. The van der Waals surface area contributed by atoms with E-state index in [2.05, 4.69) is 33.9 Å². The first kappa shape index (κ1) is 61.1. The van der Waals surface area contributed by atoms with E-state index in [9.17, 15) is 81.2 Å². The summed E-state index contributed by atoms with van der Waals surface area (Å²) in [5, 5.41) is 18.7. The van der Waals surface area contributed by atoms with Crippen LogP contribution in [-0.2, 0) is 50.3 Å². The molecule has 6 aromatic rings. The summed E-state index contributed by atoms with van der Waals surface area (Å²) in [6.45, 7) is 2.29. The van der Waals surface area contributed by atoms with Crippen LogP contribution in [0.5, 0.6) is 11.5 Å². The lowest BCUT2D eigenvalue weighted by Gasteiger charge is -2.20. The molecule has 4 heterocycles. The van der Waals surface area contributed by atoms with Crippen LogP contribution in [0.25, 0.3) is 44.6 Å². The summed E-state index contributed by atoms with van der Waals surface area (Å²) in [6, 6.07) is 14.4. The summed E-state index contributed by atoms with van der Waals surface area (Å²) in [6.07, 6.45) is -16.3. The van der Waals surface area contributed by atoms with Crippen molar-refractivity contribution in [2.75, 3.05) is 66.9 Å². The molecule has 0 atom stereocenters. The van der Waals surface area contributed by atoms with E-state index in [0.717, 1.165) is 44.1 Å². The second kappa shape index (κ2) is 25.0. The van der Waals surface area contributed by atoms with Crippen LogP contribution in [0.1, 0.15) is 35.4 Å². The van der Waals surface area contributed by atoms with Crippen LogP contribution >= 0.6 is 0 Å². The van der Waals surface area contributed by atoms with Gasteiger partial charge in [-0.25, -0.2) is 19.9 Å². The number of halogens is 12. The minimum Gasteiger partial charge on any atom is -0.493 e. The highest BCUT2D eigenvalue weighted by atomic mass is 32.2. The number of carbonyl (C=O) groups excluding carboxylic acids is 2. The third kappa shape index (κ3) is 17.1. The van der Waals surface area contributed by atoms with Gasteiger partial charge >= 0.3 is 36.3 Å². The second-order valence-electron chi connectivity index (χ2n) is 16.5. The Labute approximate surface area is 425 Å². The predicted molar refractivity (Wildman–Crippen MR) is 247 cm³/mol. The quantitative estimate of drug-likeness (QED) is 0.0364. The fraction of sp³-hybridized carbons (Fsp3) is 0.391. The van der Waals surface area contributed by atoms with Crippen LogP contribution in [0.3, 0.4) is 0 Å². The highest BCUT2D eigenvalue weighted by molar-refractivity contribution is 7.85. The summed E-state index contributed by atoms with van der Waals surface area (Å²) in [7, 11) is 5.77. The molecule has 4 aromatic heterocycles. The molecule has 17 nitrogen and oxygen atoms in total. The van der Waals surface area contributed by atoms with Crippen molar-refractivity contribution < 1.29 is 84.3 Å². The summed E-state index contributed by atoms with van der Waals surface area (Å²) >= 11 is 0. The molecule has 0 aliphatic carbocycles. The topological polar surface area (TPSA) is 211 Å². The van der Waals surface area contributed by atoms with E-state index in [-0.39, 0.29) is 65.9 Å². The lowest BCUT2D eigenvalue weighted by molar-refractivity contribution is -0.193. The van der Waals surface area contributed by atoms with Gasteiger partial charge in [-0.05, 0) is 76.1 Å². The van der Waals surface area contributed by atoms with Gasteiger partial charge in [0.15, 0.2) is 11.4 Å². The number of aryl methyl sites for hydroxylation is 2. The molecule has 0 amide bonds. The van der Waals surface area contributed by atoms with Crippen LogP contribution < -0.4 is 9.47 Å². The standard InChI is InChI=1S/C23H27F3N6O.C19H17F3N4O4S.C4F6O2/c1-30(2)9-10-31(3)8-5-11-33-21-7-6-16(12-17(21)23(24,25)26)18-13-20-22(19(14-27)29-18)28-15-32(20)4;1-26-11-24-18-15(10-23)25-14(9-16(18)26)12-4-5-17(13(8-12)19(20,21)22)29-6-3-7-30-31(2,27)28;5-3(6,7)1(11)2(12)4(8,9)10/h6-7,12-13,15H,5,8-11H2,1-4H3;4-5,8-9,11H,3,6-7H2,1-2H3;. The third-order valence-corrected chi connectivity index (χ3v) is 10.8. The van der Waals surface area contributed by atoms with Gasteiger partial charge in [-0.2, -0.15) is 71.6 Å². The molecule has 0 saturated heterocycles. The maximum absolute atomic E-state index is 13.8. The number of pyridine rings is 2. The van der Waals surface area contributed by atoms with Crippen molar-refractivity contribution in [2.45, 2.75) is 37.5 Å². The van der Waals surface area contributed by atoms with Crippen LogP contribution in [0.4, 0.5) is 52.7 Å². The van der Waals surface area contributed by atoms with E-state index in [0.29, 0.717) is 28.5 Å². The number of ether oxygens (including phenoxy) is 2. The number of hydrogen-bond acceptors (Lipinski definition) is 15. The van der Waals surface area contributed by atoms with Crippen molar-refractivity contribution in [3.05, 3.63) is 83.7 Å². The van der Waals surface area contributed by atoms with E-state index in [1.54, 1.807) is 35.4 Å². The predicted octanol–water partition coefficient (Wildman–Crippen LogP) is 8.31.